The molecular formula is C17H24N2O5. The number of carbonyl (C=O) groups excluding carboxylic acids is 3. The second-order valence-corrected chi connectivity index (χ2v) is 6.30. The summed E-state index contributed by atoms with van der Waals surface area (Å²) in [5.41, 5.74) is 5.22. The lowest BCUT2D eigenvalue weighted by Crippen LogP contribution is -2.44. The van der Waals surface area contributed by atoms with Gasteiger partial charge in [-0.15, -0.1) is 0 Å². The van der Waals surface area contributed by atoms with E-state index >= 15 is 0 Å². The molecule has 0 saturated heterocycles. The van der Waals surface area contributed by atoms with E-state index in [4.69, 9.17) is 15.2 Å². The number of ether oxygens (including phenoxy) is 2. The Morgan fingerprint density at radius 2 is 1.79 bits per heavy atom. The molecule has 0 aliphatic rings. The summed E-state index contributed by atoms with van der Waals surface area (Å²) in [6, 6.07) is 8.13. The monoisotopic (exact) mass is 336 g/mol. The van der Waals surface area contributed by atoms with Crippen molar-refractivity contribution >= 4 is 18.0 Å². The fourth-order valence-corrected chi connectivity index (χ4v) is 1.81. The second kappa shape index (κ2) is 8.90. The van der Waals surface area contributed by atoms with Crippen LogP contribution in [0.1, 0.15) is 39.2 Å². The Bertz CT molecular complexity index is 566. The van der Waals surface area contributed by atoms with Crippen LogP contribution in [0, 0.1) is 0 Å². The van der Waals surface area contributed by atoms with Crippen molar-refractivity contribution in [2.45, 2.75) is 51.9 Å². The van der Waals surface area contributed by atoms with Crippen molar-refractivity contribution in [3.05, 3.63) is 35.9 Å². The Morgan fingerprint density at radius 1 is 1.17 bits per heavy atom. The molecule has 1 aromatic carbocycles. The summed E-state index contributed by atoms with van der Waals surface area (Å²) in [5, 5.41) is 2.42. The van der Waals surface area contributed by atoms with Gasteiger partial charge in [0.05, 0.1) is 0 Å². The van der Waals surface area contributed by atoms with E-state index in [0.29, 0.717) is 0 Å². The molecular weight excluding hydrogens is 312 g/mol. The van der Waals surface area contributed by atoms with Crippen LogP contribution in [0.25, 0.3) is 0 Å². The van der Waals surface area contributed by atoms with E-state index in [-0.39, 0.29) is 19.4 Å². The number of primary amides is 1. The van der Waals surface area contributed by atoms with Crippen molar-refractivity contribution in [2.75, 3.05) is 0 Å². The number of nitrogens with one attached hydrogen (secondary N) is 1. The molecule has 0 aromatic heterocycles. The molecule has 1 rings (SSSR count). The molecule has 1 atom stereocenters. The van der Waals surface area contributed by atoms with E-state index in [1.807, 2.05) is 30.3 Å². The number of carbonyl (C=O) groups is 3. The van der Waals surface area contributed by atoms with Crippen molar-refractivity contribution in [1.82, 2.24) is 5.32 Å². The minimum atomic E-state index is -1.00. The second-order valence-electron chi connectivity index (χ2n) is 6.30. The van der Waals surface area contributed by atoms with E-state index in [0.717, 1.165) is 5.56 Å². The maximum atomic E-state index is 12.2. The summed E-state index contributed by atoms with van der Waals surface area (Å²) < 4.78 is 10.3. The summed E-state index contributed by atoms with van der Waals surface area (Å²) in [6.45, 7) is 5.19. The summed E-state index contributed by atoms with van der Waals surface area (Å²) >= 11 is 0. The van der Waals surface area contributed by atoms with Gasteiger partial charge >= 0.3 is 12.1 Å². The van der Waals surface area contributed by atoms with E-state index in [1.54, 1.807) is 20.8 Å². The summed E-state index contributed by atoms with van der Waals surface area (Å²) in [4.78, 5) is 35.0. The normalized spacial score (nSPS) is 12.1. The SMILES string of the molecule is CC(C)(C)OC(=O)N[C@@H](CCC(N)=O)C(=O)OCc1ccccc1. The molecule has 0 bridgehead atoms. The number of benzene rings is 1. The highest BCUT2D eigenvalue weighted by atomic mass is 16.6. The van der Waals surface area contributed by atoms with Crippen LogP contribution in [-0.4, -0.2) is 29.6 Å². The molecule has 0 saturated carbocycles. The first-order chi connectivity index (χ1) is 11.2. The van der Waals surface area contributed by atoms with Gasteiger partial charge in [0.2, 0.25) is 5.91 Å². The Labute approximate surface area is 141 Å². The number of amides is 2. The van der Waals surface area contributed by atoms with Gasteiger partial charge in [-0.25, -0.2) is 9.59 Å². The lowest BCUT2D eigenvalue weighted by atomic mass is 10.1. The van der Waals surface area contributed by atoms with Crippen LogP contribution in [0.2, 0.25) is 0 Å². The fourth-order valence-electron chi connectivity index (χ4n) is 1.81. The smallest absolute Gasteiger partial charge is 0.408 e. The predicted octanol–water partition coefficient (Wildman–Crippen LogP) is 1.89. The van der Waals surface area contributed by atoms with Crippen LogP contribution in [-0.2, 0) is 25.7 Å². The maximum absolute atomic E-state index is 12.2. The van der Waals surface area contributed by atoms with Crippen molar-refractivity contribution in [3.63, 3.8) is 0 Å². The van der Waals surface area contributed by atoms with E-state index in [2.05, 4.69) is 5.32 Å². The van der Waals surface area contributed by atoms with E-state index in [9.17, 15) is 14.4 Å². The zero-order chi connectivity index (χ0) is 18.2. The van der Waals surface area contributed by atoms with Crippen LogP contribution >= 0.6 is 0 Å². The van der Waals surface area contributed by atoms with Crippen LogP contribution in [0.3, 0.4) is 0 Å². The molecule has 0 spiro atoms. The average molecular weight is 336 g/mol. The van der Waals surface area contributed by atoms with Crippen LogP contribution < -0.4 is 11.1 Å². The van der Waals surface area contributed by atoms with E-state index < -0.39 is 29.6 Å². The van der Waals surface area contributed by atoms with Crippen molar-refractivity contribution in [1.29, 1.82) is 0 Å². The number of hydrogen-bond acceptors (Lipinski definition) is 5. The third-order valence-electron chi connectivity index (χ3n) is 2.88. The summed E-state index contributed by atoms with van der Waals surface area (Å²) in [7, 11) is 0. The molecule has 0 fully saturated rings. The van der Waals surface area contributed by atoms with Gasteiger partial charge in [-0.05, 0) is 32.8 Å². The first kappa shape index (κ1) is 19.5. The van der Waals surface area contributed by atoms with Crippen LogP contribution in [0.15, 0.2) is 30.3 Å². The van der Waals surface area contributed by atoms with Gasteiger partial charge in [0.15, 0.2) is 0 Å². The first-order valence-corrected chi connectivity index (χ1v) is 7.66. The fraction of sp³-hybridized carbons (Fsp3) is 0.471. The molecule has 1 aromatic rings. The van der Waals surface area contributed by atoms with Gasteiger partial charge in [-0.1, -0.05) is 30.3 Å². The first-order valence-electron chi connectivity index (χ1n) is 7.66. The lowest BCUT2D eigenvalue weighted by molar-refractivity contribution is -0.147. The molecule has 0 radical (unpaired) electrons. The van der Waals surface area contributed by atoms with Gasteiger partial charge in [-0.3, -0.25) is 4.79 Å². The summed E-state index contributed by atoms with van der Waals surface area (Å²) in [5.74, 6) is -1.21. The predicted molar refractivity (Wildman–Crippen MR) is 87.8 cm³/mol. The quantitative estimate of drug-likeness (QED) is 0.739. The Hall–Kier alpha value is -2.57. The van der Waals surface area contributed by atoms with Crippen molar-refractivity contribution in [2.24, 2.45) is 5.73 Å². The molecule has 132 valence electrons. The topological polar surface area (TPSA) is 108 Å². The highest BCUT2D eigenvalue weighted by Gasteiger charge is 2.25. The average Bonchev–Trinajstić information content (AvgIpc) is 2.48. The molecule has 0 unspecified atom stereocenters. The maximum Gasteiger partial charge on any atom is 0.408 e. The van der Waals surface area contributed by atoms with Gasteiger partial charge < -0.3 is 20.5 Å². The number of esters is 1. The molecule has 7 nitrogen and oxygen atoms in total. The zero-order valence-corrected chi connectivity index (χ0v) is 14.2. The van der Waals surface area contributed by atoms with Gasteiger partial charge in [-0.2, -0.15) is 0 Å². The van der Waals surface area contributed by atoms with Gasteiger partial charge in [0.1, 0.15) is 18.2 Å². The minimum absolute atomic E-state index is 0.0438. The number of alkyl carbamates (subject to hydrolysis) is 1. The van der Waals surface area contributed by atoms with Gasteiger partial charge in [0.25, 0.3) is 0 Å². The molecule has 24 heavy (non-hydrogen) atoms. The molecule has 0 aliphatic carbocycles. The largest absolute Gasteiger partial charge is 0.459 e. The standard InChI is InChI=1S/C17H24N2O5/c1-17(2,3)24-16(22)19-13(9-10-14(18)20)15(21)23-11-12-7-5-4-6-8-12/h4-8,13H,9-11H2,1-3H3,(H2,18,20)(H,19,22)/t13-/m0/s1. The minimum Gasteiger partial charge on any atom is -0.459 e. The Kier molecular flexibility index (Phi) is 7.23. The molecule has 2 amide bonds. The Balaban J connectivity index is 2.64. The van der Waals surface area contributed by atoms with Crippen molar-refractivity contribution in [3.8, 4) is 0 Å². The third kappa shape index (κ3) is 8.17. The van der Waals surface area contributed by atoms with Crippen LogP contribution in [0.4, 0.5) is 4.79 Å². The van der Waals surface area contributed by atoms with E-state index in [1.165, 1.54) is 0 Å². The highest BCUT2D eigenvalue weighted by molar-refractivity contribution is 5.82. The molecule has 0 heterocycles. The number of hydrogen-bond donors (Lipinski definition) is 2. The lowest BCUT2D eigenvalue weighted by Gasteiger charge is -2.22. The van der Waals surface area contributed by atoms with Crippen molar-refractivity contribution < 1.29 is 23.9 Å². The van der Waals surface area contributed by atoms with Crippen LogP contribution in [0.5, 0.6) is 0 Å². The summed E-state index contributed by atoms with van der Waals surface area (Å²) in [6.07, 6.45) is -0.767. The van der Waals surface area contributed by atoms with Gasteiger partial charge in [0, 0.05) is 6.42 Å². The number of nitrogens with two attached hydrogens (primary N) is 1. The molecule has 3 N–H and O–H groups in total. The Morgan fingerprint density at radius 3 is 2.33 bits per heavy atom. The zero-order valence-electron chi connectivity index (χ0n) is 14.2. The molecule has 7 heteroatoms. The highest BCUT2D eigenvalue weighted by Crippen LogP contribution is 2.09. The molecule has 0 aliphatic heterocycles. The number of rotatable bonds is 7. The third-order valence-corrected chi connectivity index (χ3v) is 2.88.